The van der Waals surface area contributed by atoms with Crippen LogP contribution in [0.25, 0.3) is 0 Å². The maximum Gasteiger partial charge on any atom is 0.337 e. The summed E-state index contributed by atoms with van der Waals surface area (Å²) >= 11 is 0. The number of amides is 1. The van der Waals surface area contributed by atoms with E-state index in [1.807, 2.05) is 24.3 Å². The molecule has 5 nitrogen and oxygen atoms in total. The van der Waals surface area contributed by atoms with Gasteiger partial charge >= 0.3 is 5.97 Å². The van der Waals surface area contributed by atoms with Gasteiger partial charge in [-0.25, -0.2) is 4.79 Å². The third-order valence-corrected chi connectivity index (χ3v) is 3.04. The Hall–Kier alpha value is -2.82. The first-order valence-corrected chi connectivity index (χ1v) is 6.41. The van der Waals surface area contributed by atoms with Crippen molar-refractivity contribution in [3.63, 3.8) is 0 Å². The van der Waals surface area contributed by atoms with Gasteiger partial charge in [-0.05, 0) is 42.0 Å². The summed E-state index contributed by atoms with van der Waals surface area (Å²) in [5.41, 5.74) is 8.10. The molecule has 0 fully saturated rings. The summed E-state index contributed by atoms with van der Waals surface area (Å²) in [5, 5.41) is 3.23. The number of benzene rings is 2. The number of anilines is 1. The van der Waals surface area contributed by atoms with E-state index in [1.165, 1.54) is 7.11 Å². The van der Waals surface area contributed by atoms with Crippen LogP contribution in [-0.4, -0.2) is 19.0 Å². The second kappa shape index (κ2) is 6.56. The smallest absolute Gasteiger partial charge is 0.337 e. The number of carbonyl (C=O) groups excluding carboxylic acids is 2. The summed E-state index contributed by atoms with van der Waals surface area (Å²) in [6.07, 6.45) is 0. The molecule has 0 atom stereocenters. The van der Waals surface area contributed by atoms with E-state index < -0.39 is 5.91 Å². The fourth-order valence-electron chi connectivity index (χ4n) is 1.83. The number of nitrogens with two attached hydrogens (primary N) is 1. The van der Waals surface area contributed by atoms with E-state index in [1.54, 1.807) is 24.3 Å². The number of primary amides is 1. The second-order valence-electron chi connectivity index (χ2n) is 4.48. The number of methoxy groups -OCH3 is 1. The largest absolute Gasteiger partial charge is 0.465 e. The molecule has 2 aromatic carbocycles. The monoisotopic (exact) mass is 284 g/mol. The van der Waals surface area contributed by atoms with Crippen molar-refractivity contribution in [3.05, 3.63) is 65.2 Å². The Kier molecular flexibility index (Phi) is 4.56. The second-order valence-corrected chi connectivity index (χ2v) is 4.48. The topological polar surface area (TPSA) is 81.4 Å². The number of carbonyl (C=O) groups is 2. The van der Waals surface area contributed by atoms with Crippen molar-refractivity contribution in [1.29, 1.82) is 0 Å². The highest BCUT2D eigenvalue weighted by molar-refractivity contribution is 5.92. The van der Waals surface area contributed by atoms with E-state index in [2.05, 4.69) is 10.1 Å². The van der Waals surface area contributed by atoms with Crippen LogP contribution in [0.1, 0.15) is 26.3 Å². The molecule has 0 saturated heterocycles. The summed E-state index contributed by atoms with van der Waals surface area (Å²) in [4.78, 5) is 22.3. The summed E-state index contributed by atoms with van der Waals surface area (Å²) < 4.78 is 4.64. The quantitative estimate of drug-likeness (QED) is 0.825. The zero-order valence-electron chi connectivity index (χ0n) is 11.6. The van der Waals surface area contributed by atoms with Gasteiger partial charge in [0.1, 0.15) is 0 Å². The van der Waals surface area contributed by atoms with Gasteiger partial charge < -0.3 is 15.8 Å². The van der Waals surface area contributed by atoms with E-state index >= 15 is 0 Å². The van der Waals surface area contributed by atoms with Crippen LogP contribution in [0.3, 0.4) is 0 Å². The van der Waals surface area contributed by atoms with Crippen LogP contribution in [0.2, 0.25) is 0 Å². The van der Waals surface area contributed by atoms with E-state index in [-0.39, 0.29) is 5.97 Å². The minimum absolute atomic E-state index is 0.358. The van der Waals surface area contributed by atoms with Crippen LogP contribution < -0.4 is 11.1 Å². The van der Waals surface area contributed by atoms with Gasteiger partial charge in [0, 0.05) is 17.8 Å². The molecule has 0 spiro atoms. The maximum atomic E-state index is 11.3. The molecule has 5 heteroatoms. The molecule has 2 aromatic rings. The molecular weight excluding hydrogens is 268 g/mol. The highest BCUT2D eigenvalue weighted by Gasteiger charge is 2.04. The molecule has 0 aliphatic rings. The molecule has 2 rings (SSSR count). The first-order valence-electron chi connectivity index (χ1n) is 6.41. The Bertz CT molecular complexity index is 634. The van der Waals surface area contributed by atoms with E-state index in [0.717, 1.165) is 11.3 Å². The zero-order chi connectivity index (χ0) is 15.2. The highest BCUT2D eigenvalue weighted by Crippen LogP contribution is 2.12. The number of esters is 1. The SMILES string of the molecule is COC(=O)c1ccc(NCc2ccc(C(N)=O)cc2)cc1. The molecule has 0 radical (unpaired) electrons. The Balaban J connectivity index is 1.96. The van der Waals surface area contributed by atoms with Crippen molar-refractivity contribution in [2.75, 3.05) is 12.4 Å². The molecule has 0 bridgehead atoms. The van der Waals surface area contributed by atoms with Gasteiger partial charge in [-0.15, -0.1) is 0 Å². The van der Waals surface area contributed by atoms with Crippen molar-refractivity contribution in [3.8, 4) is 0 Å². The van der Waals surface area contributed by atoms with Crippen LogP contribution >= 0.6 is 0 Å². The first kappa shape index (κ1) is 14.6. The average Bonchev–Trinajstić information content (AvgIpc) is 2.53. The summed E-state index contributed by atoms with van der Waals surface area (Å²) in [6.45, 7) is 0.608. The van der Waals surface area contributed by atoms with Gasteiger partial charge in [0.15, 0.2) is 0 Å². The first-order chi connectivity index (χ1) is 10.1. The van der Waals surface area contributed by atoms with E-state index in [9.17, 15) is 9.59 Å². The zero-order valence-corrected chi connectivity index (χ0v) is 11.6. The molecule has 0 saturated carbocycles. The minimum Gasteiger partial charge on any atom is -0.465 e. The van der Waals surface area contributed by atoms with Crippen molar-refractivity contribution in [2.24, 2.45) is 5.73 Å². The van der Waals surface area contributed by atoms with Gasteiger partial charge in [-0.3, -0.25) is 4.79 Å². The third-order valence-electron chi connectivity index (χ3n) is 3.04. The molecule has 108 valence electrons. The normalized spacial score (nSPS) is 9.95. The molecule has 0 heterocycles. The van der Waals surface area contributed by atoms with Gasteiger partial charge in [0.25, 0.3) is 0 Å². The molecule has 1 amide bonds. The summed E-state index contributed by atoms with van der Waals surface area (Å²) in [7, 11) is 1.35. The number of ether oxygens (including phenoxy) is 1. The minimum atomic E-state index is -0.437. The average molecular weight is 284 g/mol. The summed E-state index contributed by atoms with van der Waals surface area (Å²) in [5.74, 6) is -0.795. The molecule has 0 unspecified atom stereocenters. The Morgan fingerprint density at radius 3 is 2.10 bits per heavy atom. The molecule has 0 aromatic heterocycles. The Morgan fingerprint density at radius 2 is 1.57 bits per heavy atom. The Morgan fingerprint density at radius 1 is 1.00 bits per heavy atom. The lowest BCUT2D eigenvalue weighted by Gasteiger charge is -2.07. The molecule has 0 aliphatic heterocycles. The van der Waals surface area contributed by atoms with Crippen molar-refractivity contribution < 1.29 is 14.3 Å². The lowest BCUT2D eigenvalue weighted by Crippen LogP contribution is -2.10. The fourth-order valence-corrected chi connectivity index (χ4v) is 1.83. The number of rotatable bonds is 5. The molecule has 21 heavy (non-hydrogen) atoms. The van der Waals surface area contributed by atoms with Crippen LogP contribution in [0.4, 0.5) is 5.69 Å². The molecule has 0 aliphatic carbocycles. The van der Waals surface area contributed by atoms with E-state index in [4.69, 9.17) is 5.73 Å². The molecule has 3 N–H and O–H groups in total. The standard InChI is InChI=1S/C16H16N2O3/c1-21-16(20)13-6-8-14(9-7-13)18-10-11-2-4-12(5-3-11)15(17)19/h2-9,18H,10H2,1H3,(H2,17,19). The maximum absolute atomic E-state index is 11.3. The van der Waals surface area contributed by atoms with Gasteiger partial charge in [0.2, 0.25) is 5.91 Å². The van der Waals surface area contributed by atoms with Crippen molar-refractivity contribution in [1.82, 2.24) is 0 Å². The van der Waals surface area contributed by atoms with Crippen LogP contribution in [0.15, 0.2) is 48.5 Å². The third kappa shape index (κ3) is 3.82. The van der Waals surface area contributed by atoms with Crippen LogP contribution in [0.5, 0.6) is 0 Å². The van der Waals surface area contributed by atoms with Crippen molar-refractivity contribution >= 4 is 17.6 Å². The molecular formula is C16H16N2O3. The van der Waals surface area contributed by atoms with E-state index in [0.29, 0.717) is 17.7 Å². The number of hydrogen-bond donors (Lipinski definition) is 2. The van der Waals surface area contributed by atoms with Gasteiger partial charge in [0.05, 0.1) is 12.7 Å². The summed E-state index contributed by atoms with van der Waals surface area (Å²) in [6, 6.07) is 14.1. The van der Waals surface area contributed by atoms with Crippen LogP contribution in [0, 0.1) is 0 Å². The highest BCUT2D eigenvalue weighted by atomic mass is 16.5. The van der Waals surface area contributed by atoms with Crippen molar-refractivity contribution in [2.45, 2.75) is 6.54 Å². The lowest BCUT2D eigenvalue weighted by molar-refractivity contribution is 0.0600. The van der Waals surface area contributed by atoms with Gasteiger partial charge in [-0.2, -0.15) is 0 Å². The predicted octanol–water partition coefficient (Wildman–Crippen LogP) is 2.18. The Labute approximate surface area is 122 Å². The number of hydrogen-bond acceptors (Lipinski definition) is 4. The predicted molar refractivity (Wildman–Crippen MR) is 80.1 cm³/mol. The lowest BCUT2D eigenvalue weighted by atomic mass is 10.1. The fraction of sp³-hybridized carbons (Fsp3) is 0.125. The van der Waals surface area contributed by atoms with Crippen LogP contribution in [-0.2, 0) is 11.3 Å². The van der Waals surface area contributed by atoms with Gasteiger partial charge in [-0.1, -0.05) is 12.1 Å². The number of nitrogens with one attached hydrogen (secondary N) is 1.